The van der Waals surface area contributed by atoms with Crippen LogP contribution >= 0.6 is 11.3 Å². The fourth-order valence-electron chi connectivity index (χ4n) is 4.59. The summed E-state index contributed by atoms with van der Waals surface area (Å²) in [5.74, 6) is 1.43. The molecule has 0 spiro atoms. The fraction of sp³-hybridized carbons (Fsp3) is 0.458. The van der Waals surface area contributed by atoms with Crippen LogP contribution in [0.15, 0.2) is 29.1 Å². The standard InChI is InChI=1S/C24H28N4O3S/c1-16-5-4-6-17(13-16)31-15-21(29)28-11-9-27(10-12-28)14-20-25-23(30)22-18-7-2-3-8-19(18)32-24(22)26-20/h4-6,13H,2-3,7-12,14-15H2,1H3,(H,25,26,30). The lowest BCUT2D eigenvalue weighted by Gasteiger charge is -2.34. The Morgan fingerprint density at radius 3 is 2.81 bits per heavy atom. The van der Waals surface area contributed by atoms with E-state index in [2.05, 4.69) is 9.88 Å². The predicted molar refractivity (Wildman–Crippen MR) is 125 cm³/mol. The van der Waals surface area contributed by atoms with Crippen molar-refractivity contribution in [3.05, 3.63) is 56.4 Å². The van der Waals surface area contributed by atoms with Crippen LogP contribution in [-0.2, 0) is 24.2 Å². The van der Waals surface area contributed by atoms with Gasteiger partial charge in [0.25, 0.3) is 11.5 Å². The third-order valence-corrected chi connectivity index (χ3v) is 7.51. The normalized spacial score (nSPS) is 16.8. The predicted octanol–water partition coefficient (Wildman–Crippen LogP) is 2.90. The van der Waals surface area contributed by atoms with Gasteiger partial charge in [-0.3, -0.25) is 14.5 Å². The second-order valence-electron chi connectivity index (χ2n) is 8.67. The van der Waals surface area contributed by atoms with Crippen molar-refractivity contribution < 1.29 is 9.53 Å². The van der Waals surface area contributed by atoms with Crippen LogP contribution in [0.3, 0.4) is 0 Å². The summed E-state index contributed by atoms with van der Waals surface area (Å²) in [5.41, 5.74) is 2.32. The number of rotatable bonds is 5. The van der Waals surface area contributed by atoms with Crippen LogP contribution < -0.4 is 10.3 Å². The first-order chi connectivity index (χ1) is 15.6. The number of hydrogen-bond acceptors (Lipinski definition) is 6. The van der Waals surface area contributed by atoms with Gasteiger partial charge in [0.05, 0.1) is 11.9 Å². The van der Waals surface area contributed by atoms with Crippen LogP contribution in [0.5, 0.6) is 5.75 Å². The first-order valence-electron chi connectivity index (χ1n) is 11.3. The number of amides is 1. The van der Waals surface area contributed by atoms with Gasteiger partial charge >= 0.3 is 0 Å². The average Bonchev–Trinajstić information content (AvgIpc) is 3.17. The van der Waals surface area contributed by atoms with Crippen molar-refractivity contribution in [2.75, 3.05) is 32.8 Å². The molecule has 0 radical (unpaired) electrons. The van der Waals surface area contributed by atoms with Gasteiger partial charge in [0.2, 0.25) is 0 Å². The second-order valence-corrected chi connectivity index (χ2v) is 9.75. The molecule has 0 saturated carbocycles. The molecule has 1 N–H and O–H groups in total. The van der Waals surface area contributed by atoms with E-state index in [1.807, 2.05) is 36.1 Å². The summed E-state index contributed by atoms with van der Waals surface area (Å²) >= 11 is 1.68. The molecule has 3 heterocycles. The van der Waals surface area contributed by atoms with Crippen molar-refractivity contribution in [1.82, 2.24) is 19.8 Å². The van der Waals surface area contributed by atoms with Gasteiger partial charge in [-0.1, -0.05) is 12.1 Å². The van der Waals surface area contributed by atoms with Crippen molar-refractivity contribution in [1.29, 1.82) is 0 Å². The van der Waals surface area contributed by atoms with E-state index in [4.69, 9.17) is 9.72 Å². The lowest BCUT2D eigenvalue weighted by atomic mass is 9.97. The number of benzene rings is 1. The lowest BCUT2D eigenvalue weighted by Crippen LogP contribution is -2.49. The number of carbonyl (C=O) groups excluding carboxylic acids is 1. The second kappa shape index (κ2) is 9.03. The van der Waals surface area contributed by atoms with Gasteiger partial charge in [0.15, 0.2) is 6.61 Å². The Bertz CT molecular complexity index is 1190. The van der Waals surface area contributed by atoms with Gasteiger partial charge in [-0.05, 0) is 55.9 Å². The third-order valence-electron chi connectivity index (χ3n) is 6.32. The number of carbonyl (C=O) groups is 1. The fourth-order valence-corrected chi connectivity index (χ4v) is 5.87. The van der Waals surface area contributed by atoms with Gasteiger partial charge in [0.1, 0.15) is 16.4 Å². The summed E-state index contributed by atoms with van der Waals surface area (Å²) < 4.78 is 5.66. The smallest absolute Gasteiger partial charge is 0.260 e. The highest BCUT2D eigenvalue weighted by Gasteiger charge is 2.23. The Morgan fingerprint density at radius 2 is 2.00 bits per heavy atom. The van der Waals surface area contributed by atoms with Gasteiger partial charge in [-0.15, -0.1) is 11.3 Å². The Labute approximate surface area is 191 Å². The van der Waals surface area contributed by atoms with Crippen molar-refractivity contribution in [2.24, 2.45) is 0 Å². The average molecular weight is 453 g/mol. The molecule has 1 amide bonds. The van der Waals surface area contributed by atoms with E-state index < -0.39 is 0 Å². The molecule has 2 aliphatic rings. The minimum atomic E-state index is -0.00786. The zero-order chi connectivity index (χ0) is 22.1. The maximum Gasteiger partial charge on any atom is 0.260 e. The van der Waals surface area contributed by atoms with Crippen LogP contribution in [0.1, 0.15) is 34.7 Å². The molecule has 0 bridgehead atoms. The van der Waals surface area contributed by atoms with Crippen LogP contribution in [0.2, 0.25) is 0 Å². The van der Waals surface area contributed by atoms with E-state index in [0.29, 0.717) is 25.5 Å². The molecule has 0 atom stereocenters. The number of aryl methyl sites for hydroxylation is 3. The number of piperazine rings is 1. The number of aromatic nitrogens is 2. The molecule has 1 aliphatic heterocycles. The van der Waals surface area contributed by atoms with E-state index in [1.54, 1.807) is 11.3 Å². The van der Waals surface area contributed by atoms with Crippen molar-refractivity contribution in [2.45, 2.75) is 39.2 Å². The molecule has 1 aliphatic carbocycles. The Morgan fingerprint density at radius 1 is 1.19 bits per heavy atom. The molecule has 5 rings (SSSR count). The van der Waals surface area contributed by atoms with Crippen LogP contribution in [0, 0.1) is 6.92 Å². The minimum Gasteiger partial charge on any atom is -0.484 e. The zero-order valence-corrected chi connectivity index (χ0v) is 19.2. The molecule has 7 nitrogen and oxygen atoms in total. The maximum absolute atomic E-state index is 12.8. The van der Waals surface area contributed by atoms with E-state index in [0.717, 1.165) is 53.9 Å². The SMILES string of the molecule is Cc1cccc(OCC(=O)N2CCN(Cc3nc4sc5c(c4c(=O)[nH]3)CCCC5)CC2)c1. The Hall–Kier alpha value is -2.71. The molecule has 8 heteroatoms. The first-order valence-corrected chi connectivity index (χ1v) is 12.1. The molecule has 1 fully saturated rings. The number of aromatic amines is 1. The molecule has 168 valence electrons. The first kappa shape index (κ1) is 21.2. The number of H-pyrrole nitrogens is 1. The van der Waals surface area contributed by atoms with Crippen molar-refractivity contribution in [3.63, 3.8) is 0 Å². The van der Waals surface area contributed by atoms with E-state index in [-0.39, 0.29) is 18.1 Å². The molecule has 3 aromatic rings. The Kier molecular flexibility index (Phi) is 5.97. The number of ether oxygens (including phenoxy) is 1. The highest BCUT2D eigenvalue weighted by atomic mass is 32.1. The summed E-state index contributed by atoms with van der Waals surface area (Å²) in [5, 5.41) is 0.803. The van der Waals surface area contributed by atoms with Gasteiger partial charge in [0, 0.05) is 31.1 Å². The number of thiophene rings is 1. The van der Waals surface area contributed by atoms with Crippen molar-refractivity contribution in [3.8, 4) is 5.75 Å². The van der Waals surface area contributed by atoms with E-state index >= 15 is 0 Å². The van der Waals surface area contributed by atoms with E-state index in [1.165, 1.54) is 16.9 Å². The molecule has 0 unspecified atom stereocenters. The number of fused-ring (bicyclic) bond motifs is 3. The molecule has 1 saturated heterocycles. The summed E-state index contributed by atoms with van der Waals surface area (Å²) in [6, 6.07) is 7.72. The maximum atomic E-state index is 12.8. The van der Waals surface area contributed by atoms with Gasteiger partial charge in [-0.25, -0.2) is 4.98 Å². The zero-order valence-electron chi connectivity index (χ0n) is 18.4. The summed E-state index contributed by atoms with van der Waals surface area (Å²) in [7, 11) is 0. The van der Waals surface area contributed by atoms with Crippen molar-refractivity contribution >= 4 is 27.5 Å². The number of hydrogen-bond donors (Lipinski definition) is 1. The van der Waals surface area contributed by atoms with Crippen LogP contribution in [0.25, 0.3) is 10.2 Å². The highest BCUT2D eigenvalue weighted by Crippen LogP contribution is 2.33. The molecule has 1 aromatic carbocycles. The highest BCUT2D eigenvalue weighted by molar-refractivity contribution is 7.18. The molecular formula is C24H28N4O3S. The largest absolute Gasteiger partial charge is 0.484 e. The summed E-state index contributed by atoms with van der Waals surface area (Å²) in [6.07, 6.45) is 4.40. The summed E-state index contributed by atoms with van der Waals surface area (Å²) in [6.45, 7) is 5.44. The van der Waals surface area contributed by atoms with E-state index in [9.17, 15) is 9.59 Å². The van der Waals surface area contributed by atoms with Crippen LogP contribution in [-0.4, -0.2) is 58.5 Å². The monoisotopic (exact) mass is 452 g/mol. The van der Waals surface area contributed by atoms with Gasteiger partial charge < -0.3 is 14.6 Å². The summed E-state index contributed by atoms with van der Waals surface area (Å²) in [4.78, 5) is 39.4. The molecule has 32 heavy (non-hydrogen) atoms. The topological polar surface area (TPSA) is 78.5 Å². The Balaban J connectivity index is 1.17. The van der Waals surface area contributed by atoms with Gasteiger partial charge in [-0.2, -0.15) is 0 Å². The quantitative estimate of drug-likeness (QED) is 0.644. The minimum absolute atomic E-state index is 0.00303. The van der Waals surface area contributed by atoms with Crippen LogP contribution in [0.4, 0.5) is 0 Å². The lowest BCUT2D eigenvalue weighted by molar-refractivity contribution is -0.135. The molecular weight excluding hydrogens is 424 g/mol. The molecule has 2 aromatic heterocycles. The number of nitrogens with zero attached hydrogens (tertiary/aromatic N) is 3. The number of nitrogens with one attached hydrogen (secondary N) is 1. The third kappa shape index (κ3) is 4.42.